The maximum absolute atomic E-state index is 13.6. The summed E-state index contributed by atoms with van der Waals surface area (Å²) < 4.78 is 14.5. The number of hydrogen-bond donors (Lipinski definition) is 0. The van der Waals surface area contributed by atoms with Crippen LogP contribution in [0.4, 0.5) is 0 Å². The molecule has 0 spiro atoms. The fraction of sp³-hybridized carbons (Fsp3) is 0.345. The molecule has 3 nitrogen and oxygen atoms in total. The van der Waals surface area contributed by atoms with Gasteiger partial charge in [0.15, 0.2) is 0 Å². The standard InChI is InChI=1S/C29H38O3SeSi2/c1-23(27(28(30)31-29(2,3)4)33-24-17-11-8-12-18-24)32-35(34(5,6)7,25-19-13-9-14-20-25)26-21-15-10-16-22-26/h8-23,27H,1-7H3/t23-,27?/m1/s1. The van der Waals surface area contributed by atoms with Crippen molar-refractivity contribution in [3.05, 3.63) is 91.0 Å². The first-order valence-corrected chi connectivity index (χ1v) is 20.4. The Morgan fingerprint density at radius 2 is 1.20 bits per heavy atom. The van der Waals surface area contributed by atoms with Crippen LogP contribution in [0, 0.1) is 0 Å². The Morgan fingerprint density at radius 3 is 1.60 bits per heavy atom. The van der Waals surface area contributed by atoms with E-state index < -0.39 is 21.0 Å². The van der Waals surface area contributed by atoms with Gasteiger partial charge in [0, 0.05) is 0 Å². The van der Waals surface area contributed by atoms with Gasteiger partial charge in [0.05, 0.1) is 0 Å². The van der Waals surface area contributed by atoms with Crippen molar-refractivity contribution < 1.29 is 14.0 Å². The number of ether oxygens (including phenoxy) is 1. The molecule has 3 aromatic carbocycles. The van der Waals surface area contributed by atoms with Crippen molar-refractivity contribution in [3.63, 3.8) is 0 Å². The zero-order valence-corrected chi connectivity index (χ0v) is 25.7. The van der Waals surface area contributed by atoms with Crippen LogP contribution in [0.15, 0.2) is 91.0 Å². The van der Waals surface area contributed by atoms with Crippen LogP contribution in [0.5, 0.6) is 0 Å². The molecule has 0 radical (unpaired) electrons. The summed E-state index contributed by atoms with van der Waals surface area (Å²) in [5.74, 6) is -0.173. The van der Waals surface area contributed by atoms with Gasteiger partial charge in [-0.05, 0) is 0 Å². The summed E-state index contributed by atoms with van der Waals surface area (Å²) >= 11 is -0.129. The summed E-state index contributed by atoms with van der Waals surface area (Å²) in [6.45, 7) is 15.1. The molecule has 6 heteroatoms. The second kappa shape index (κ2) is 11.4. The summed E-state index contributed by atoms with van der Waals surface area (Å²) in [5.41, 5.74) is -0.548. The monoisotopic (exact) mass is 570 g/mol. The van der Waals surface area contributed by atoms with Crippen LogP contribution in [-0.2, 0) is 14.0 Å². The Bertz CT molecular complexity index is 1040. The first-order valence-electron chi connectivity index (χ1n) is 12.2. The van der Waals surface area contributed by atoms with E-state index in [4.69, 9.17) is 9.16 Å². The van der Waals surface area contributed by atoms with Gasteiger partial charge in [-0.3, -0.25) is 0 Å². The quantitative estimate of drug-likeness (QED) is 0.276. The zero-order valence-electron chi connectivity index (χ0n) is 21.9. The third-order valence-electron chi connectivity index (χ3n) is 5.85. The van der Waals surface area contributed by atoms with Gasteiger partial charge in [0.25, 0.3) is 0 Å². The van der Waals surface area contributed by atoms with E-state index in [1.54, 1.807) is 0 Å². The van der Waals surface area contributed by atoms with Gasteiger partial charge in [-0.25, -0.2) is 0 Å². The molecule has 0 aliphatic carbocycles. The van der Waals surface area contributed by atoms with E-state index in [9.17, 15) is 4.79 Å². The molecule has 3 rings (SSSR count). The Kier molecular flexibility index (Phi) is 9.00. The molecular weight excluding hydrogens is 531 g/mol. The number of rotatable bonds is 9. The van der Waals surface area contributed by atoms with Gasteiger partial charge in [-0.1, -0.05) is 0 Å². The van der Waals surface area contributed by atoms with Crippen molar-refractivity contribution in [2.75, 3.05) is 0 Å². The molecule has 0 fully saturated rings. The molecule has 0 aromatic heterocycles. The van der Waals surface area contributed by atoms with Crippen LogP contribution in [0.2, 0.25) is 24.5 Å². The Balaban J connectivity index is 2.10. The van der Waals surface area contributed by atoms with E-state index in [1.165, 1.54) is 14.8 Å². The van der Waals surface area contributed by atoms with E-state index in [0.29, 0.717) is 0 Å². The molecule has 3 aromatic rings. The van der Waals surface area contributed by atoms with Crippen molar-refractivity contribution in [1.82, 2.24) is 0 Å². The summed E-state index contributed by atoms with van der Waals surface area (Å²) in [6, 6.07) is 31.7. The number of carbonyl (C=O) groups excluding carboxylic acids is 1. The zero-order chi connectivity index (χ0) is 25.7. The van der Waals surface area contributed by atoms with Gasteiger partial charge in [-0.15, -0.1) is 0 Å². The number of carbonyl (C=O) groups is 1. The SMILES string of the molecule is C[C@@H](O[Si](c1ccccc1)(c1ccccc1)[Si](C)(C)C)C([Se]c1ccccc1)C(=O)OC(C)(C)C. The molecule has 2 atom stereocenters. The molecule has 1 unspecified atom stereocenters. The topological polar surface area (TPSA) is 35.5 Å². The second-order valence-electron chi connectivity index (χ2n) is 10.9. The van der Waals surface area contributed by atoms with Crippen LogP contribution < -0.4 is 14.8 Å². The summed E-state index contributed by atoms with van der Waals surface area (Å²) in [4.78, 5) is 13.2. The fourth-order valence-electron chi connectivity index (χ4n) is 4.37. The van der Waals surface area contributed by atoms with Gasteiger partial charge >= 0.3 is 220 Å². The molecule has 0 heterocycles. The fourth-order valence-corrected chi connectivity index (χ4v) is 19.2. The first-order chi connectivity index (χ1) is 16.4. The molecule has 0 saturated heterocycles. The van der Waals surface area contributed by atoms with E-state index in [2.05, 4.69) is 99.4 Å². The van der Waals surface area contributed by atoms with Crippen LogP contribution in [-0.4, -0.2) is 48.1 Å². The summed E-state index contributed by atoms with van der Waals surface area (Å²) in [7, 11) is -4.59. The second-order valence-corrected chi connectivity index (χ2v) is 27.3. The van der Waals surface area contributed by atoms with Crippen molar-refractivity contribution in [3.8, 4) is 0 Å². The normalized spacial score (nSPS) is 14.3. The number of hydrogen-bond acceptors (Lipinski definition) is 3. The number of esters is 1. The third-order valence-corrected chi connectivity index (χ3v) is 22.3. The van der Waals surface area contributed by atoms with Gasteiger partial charge in [0.1, 0.15) is 0 Å². The van der Waals surface area contributed by atoms with Crippen LogP contribution in [0.1, 0.15) is 27.7 Å². The molecule has 35 heavy (non-hydrogen) atoms. The molecule has 0 bridgehead atoms. The van der Waals surface area contributed by atoms with E-state index >= 15 is 0 Å². The van der Waals surface area contributed by atoms with Crippen molar-refractivity contribution in [2.45, 2.75) is 63.9 Å². The van der Waals surface area contributed by atoms with Crippen molar-refractivity contribution >= 4 is 51.2 Å². The first kappa shape index (κ1) is 27.6. The Morgan fingerprint density at radius 1 is 0.771 bits per heavy atom. The van der Waals surface area contributed by atoms with Crippen molar-refractivity contribution in [2.24, 2.45) is 0 Å². The van der Waals surface area contributed by atoms with Gasteiger partial charge < -0.3 is 0 Å². The minimum atomic E-state index is -2.66. The predicted octanol–water partition coefficient (Wildman–Crippen LogP) is 4.73. The molecule has 0 N–H and O–H groups in total. The van der Waals surface area contributed by atoms with Crippen LogP contribution in [0.3, 0.4) is 0 Å². The molecule has 0 aliphatic heterocycles. The van der Waals surface area contributed by atoms with Crippen LogP contribution >= 0.6 is 0 Å². The van der Waals surface area contributed by atoms with Gasteiger partial charge in [-0.2, -0.15) is 0 Å². The van der Waals surface area contributed by atoms with E-state index in [-0.39, 0.29) is 31.8 Å². The summed E-state index contributed by atoms with van der Waals surface area (Å²) in [5, 5.41) is 2.54. The average Bonchev–Trinajstić information content (AvgIpc) is 2.80. The maximum atomic E-state index is 13.6. The molecular formula is C29H38O3SeSi2. The Hall–Kier alpha value is -1.96. The van der Waals surface area contributed by atoms with Gasteiger partial charge in [0.2, 0.25) is 0 Å². The predicted molar refractivity (Wildman–Crippen MR) is 153 cm³/mol. The molecule has 0 aliphatic rings. The third kappa shape index (κ3) is 6.84. The van der Waals surface area contributed by atoms with E-state index in [1.807, 2.05) is 39.0 Å². The molecule has 0 saturated carbocycles. The summed E-state index contributed by atoms with van der Waals surface area (Å²) in [6.07, 6.45) is -0.288. The van der Waals surface area contributed by atoms with Crippen LogP contribution in [0.25, 0.3) is 0 Å². The van der Waals surface area contributed by atoms with Crippen molar-refractivity contribution in [1.29, 1.82) is 0 Å². The molecule has 186 valence electrons. The average molecular weight is 570 g/mol. The molecule has 0 amide bonds. The van der Waals surface area contributed by atoms with E-state index in [0.717, 1.165) is 0 Å². The minimum absolute atomic E-state index is 0.129. The Labute approximate surface area is 219 Å². The number of benzene rings is 3.